The minimum atomic E-state index is -0.666. The molecule has 0 amide bonds. The highest BCUT2D eigenvalue weighted by Gasteiger charge is 2.16. The molecule has 0 aliphatic heterocycles. The number of ether oxygens (including phenoxy) is 8. The predicted octanol–water partition coefficient (Wildman–Crippen LogP) is 7.87. The third kappa shape index (κ3) is 13.8. The Morgan fingerprint density at radius 3 is 1.11 bits per heavy atom. The third-order valence-corrected chi connectivity index (χ3v) is 8.28. The highest BCUT2D eigenvalue weighted by molar-refractivity contribution is 5.94. The van der Waals surface area contributed by atoms with Crippen molar-refractivity contribution in [3.63, 3.8) is 0 Å². The summed E-state index contributed by atoms with van der Waals surface area (Å²) in [6.07, 6.45) is 3.14. The fourth-order valence-corrected chi connectivity index (χ4v) is 5.11. The van der Waals surface area contributed by atoms with E-state index in [0.29, 0.717) is 43.1 Å². The fraction of sp³-hybridized carbons (Fsp3) is 0.149. The number of aryl methyl sites for hydroxylation is 1. The molecule has 0 bridgehead atoms. The first-order valence-electron chi connectivity index (χ1n) is 18.7. The molecule has 0 spiro atoms. The Bertz CT molecular complexity index is 2350. The zero-order valence-corrected chi connectivity index (χ0v) is 33.0. The summed E-state index contributed by atoms with van der Waals surface area (Å²) in [7, 11) is 0. The minimum absolute atomic E-state index is 0.195. The van der Waals surface area contributed by atoms with E-state index in [9.17, 15) is 28.8 Å². The van der Waals surface area contributed by atoms with E-state index in [2.05, 4.69) is 13.2 Å². The van der Waals surface area contributed by atoms with Crippen molar-refractivity contribution in [2.75, 3.05) is 26.4 Å². The van der Waals surface area contributed by atoms with Gasteiger partial charge in [0, 0.05) is 25.0 Å². The molecular weight excluding hydrogens is 789 g/mol. The second-order valence-electron chi connectivity index (χ2n) is 12.7. The molecule has 14 heteroatoms. The average molecular weight is 829 g/mol. The van der Waals surface area contributed by atoms with Gasteiger partial charge in [0.1, 0.15) is 34.5 Å². The average Bonchev–Trinajstić information content (AvgIpc) is 3.27. The molecule has 0 aliphatic carbocycles. The van der Waals surface area contributed by atoms with E-state index in [4.69, 9.17) is 37.9 Å². The minimum Gasteiger partial charge on any atom is -0.493 e. The van der Waals surface area contributed by atoms with E-state index in [1.54, 1.807) is 61.5 Å². The molecule has 0 N–H and O–H groups in total. The molecular formula is C47H40O14. The third-order valence-electron chi connectivity index (χ3n) is 8.28. The maximum atomic E-state index is 12.9. The second-order valence-corrected chi connectivity index (χ2v) is 12.7. The highest BCUT2D eigenvalue weighted by atomic mass is 16.6. The van der Waals surface area contributed by atoms with Crippen LogP contribution in [0.2, 0.25) is 0 Å². The van der Waals surface area contributed by atoms with E-state index in [1.807, 2.05) is 0 Å². The lowest BCUT2D eigenvalue weighted by molar-refractivity contribution is -0.138. The van der Waals surface area contributed by atoms with Crippen molar-refractivity contribution in [1.29, 1.82) is 0 Å². The van der Waals surface area contributed by atoms with Gasteiger partial charge in [-0.05, 0) is 128 Å². The van der Waals surface area contributed by atoms with Crippen molar-refractivity contribution in [3.8, 4) is 34.5 Å². The number of carbonyl (C=O) groups is 6. The summed E-state index contributed by atoms with van der Waals surface area (Å²) in [4.78, 5) is 73.3. The first-order valence-corrected chi connectivity index (χ1v) is 18.7. The van der Waals surface area contributed by atoms with Crippen molar-refractivity contribution in [2.45, 2.75) is 19.8 Å². The van der Waals surface area contributed by atoms with Gasteiger partial charge in [0.15, 0.2) is 0 Å². The summed E-state index contributed by atoms with van der Waals surface area (Å²) in [5.74, 6) is -1.64. The molecule has 0 saturated carbocycles. The number of esters is 6. The molecule has 312 valence electrons. The number of hydrogen-bond acceptors (Lipinski definition) is 14. The van der Waals surface area contributed by atoms with Crippen LogP contribution in [0.15, 0.2) is 141 Å². The van der Waals surface area contributed by atoms with E-state index in [0.717, 1.165) is 12.2 Å². The zero-order valence-electron chi connectivity index (χ0n) is 33.0. The van der Waals surface area contributed by atoms with Crippen molar-refractivity contribution in [2.24, 2.45) is 0 Å². The molecule has 0 radical (unpaired) electrons. The predicted molar refractivity (Wildman–Crippen MR) is 219 cm³/mol. The van der Waals surface area contributed by atoms with Gasteiger partial charge in [0.2, 0.25) is 0 Å². The molecule has 5 aromatic rings. The Morgan fingerprint density at radius 2 is 0.754 bits per heavy atom. The maximum absolute atomic E-state index is 12.9. The Balaban J connectivity index is 1.04. The summed E-state index contributed by atoms with van der Waals surface area (Å²) in [6, 6.07) is 28.8. The number of hydrogen-bond donors (Lipinski definition) is 0. The first kappa shape index (κ1) is 44.1. The van der Waals surface area contributed by atoms with Gasteiger partial charge in [-0.2, -0.15) is 0 Å². The summed E-state index contributed by atoms with van der Waals surface area (Å²) >= 11 is 0. The Kier molecular flexibility index (Phi) is 16.1. The molecule has 0 aromatic heterocycles. The monoisotopic (exact) mass is 828 g/mol. The van der Waals surface area contributed by atoms with Gasteiger partial charge >= 0.3 is 35.8 Å². The maximum Gasteiger partial charge on any atom is 0.343 e. The normalized spacial score (nSPS) is 10.3. The molecule has 0 atom stereocenters. The van der Waals surface area contributed by atoms with Crippen LogP contribution in [0.4, 0.5) is 0 Å². The molecule has 0 aliphatic rings. The van der Waals surface area contributed by atoms with E-state index in [-0.39, 0.29) is 58.5 Å². The molecule has 5 rings (SSSR count). The smallest absolute Gasteiger partial charge is 0.343 e. The topological polar surface area (TPSA) is 176 Å². The Morgan fingerprint density at radius 1 is 0.426 bits per heavy atom. The molecule has 0 saturated heterocycles. The SMILES string of the molecule is C=CC(=O)OCCCOc1ccc(C(=O)Oc2ccc(C(=O)Oc3ccc(OC(=O)c4ccc(OC(=O)c5ccc(OCCCOC(=O)C=C)cc5)cc4)c(C)c3)cc2)cc1. The molecule has 0 fully saturated rings. The van der Waals surface area contributed by atoms with Gasteiger partial charge in [0.25, 0.3) is 0 Å². The lowest BCUT2D eigenvalue weighted by Gasteiger charge is -2.11. The summed E-state index contributed by atoms with van der Waals surface area (Å²) < 4.78 is 42.9. The fourth-order valence-electron chi connectivity index (χ4n) is 5.11. The van der Waals surface area contributed by atoms with Crippen LogP contribution in [0, 0.1) is 6.92 Å². The first-order chi connectivity index (χ1) is 29.5. The lowest BCUT2D eigenvalue weighted by atomic mass is 10.2. The van der Waals surface area contributed by atoms with Crippen molar-refractivity contribution in [1.82, 2.24) is 0 Å². The van der Waals surface area contributed by atoms with Crippen LogP contribution in [0.5, 0.6) is 34.5 Å². The van der Waals surface area contributed by atoms with Crippen LogP contribution in [0.25, 0.3) is 0 Å². The lowest BCUT2D eigenvalue weighted by Crippen LogP contribution is -2.11. The van der Waals surface area contributed by atoms with Crippen molar-refractivity contribution >= 4 is 35.8 Å². The van der Waals surface area contributed by atoms with Crippen LogP contribution in [-0.2, 0) is 19.1 Å². The number of rotatable bonds is 20. The molecule has 0 heterocycles. The van der Waals surface area contributed by atoms with Gasteiger partial charge in [-0.1, -0.05) is 13.2 Å². The summed E-state index contributed by atoms with van der Waals surface area (Å²) in [5.41, 5.74) is 1.48. The van der Waals surface area contributed by atoms with E-state index >= 15 is 0 Å². The van der Waals surface area contributed by atoms with Gasteiger partial charge in [-0.15, -0.1) is 0 Å². The van der Waals surface area contributed by atoms with Crippen LogP contribution in [0.3, 0.4) is 0 Å². The summed E-state index contributed by atoms with van der Waals surface area (Å²) in [6.45, 7) is 9.35. The highest BCUT2D eigenvalue weighted by Crippen LogP contribution is 2.26. The van der Waals surface area contributed by atoms with Crippen LogP contribution >= 0.6 is 0 Å². The second kappa shape index (κ2) is 22.2. The summed E-state index contributed by atoms with van der Waals surface area (Å²) in [5, 5.41) is 0. The van der Waals surface area contributed by atoms with Gasteiger partial charge in [-0.25, -0.2) is 28.8 Å². The van der Waals surface area contributed by atoms with Crippen molar-refractivity contribution < 1.29 is 66.7 Å². The molecule has 0 unspecified atom stereocenters. The van der Waals surface area contributed by atoms with Crippen LogP contribution < -0.4 is 28.4 Å². The number of benzene rings is 5. The van der Waals surface area contributed by atoms with Crippen LogP contribution in [0.1, 0.15) is 59.8 Å². The largest absolute Gasteiger partial charge is 0.493 e. The molecule has 14 nitrogen and oxygen atoms in total. The van der Waals surface area contributed by atoms with Gasteiger partial charge < -0.3 is 37.9 Å². The van der Waals surface area contributed by atoms with Crippen LogP contribution in [-0.4, -0.2) is 62.2 Å². The number of carbonyl (C=O) groups excluding carboxylic acids is 6. The zero-order chi connectivity index (χ0) is 43.6. The quantitative estimate of drug-likeness (QED) is 0.0321. The molecule has 5 aromatic carbocycles. The van der Waals surface area contributed by atoms with E-state index < -0.39 is 35.8 Å². The Labute approximate surface area is 350 Å². The van der Waals surface area contributed by atoms with E-state index in [1.165, 1.54) is 60.7 Å². The van der Waals surface area contributed by atoms with Gasteiger partial charge in [0.05, 0.1) is 48.7 Å². The van der Waals surface area contributed by atoms with Crippen molar-refractivity contribution in [3.05, 3.63) is 168 Å². The molecule has 61 heavy (non-hydrogen) atoms. The standard InChI is InChI=1S/C47H40O14/c1-4-42(48)56-28-6-26-54-36-16-8-32(9-17-36)44(50)58-38-20-12-34(13-21-38)46(52)60-40-24-25-41(31(3)30-40)61-47(53)35-14-22-39(23-15-35)59-45(51)33-10-18-37(19-11-33)55-27-7-29-57-43(49)5-2/h4-5,8-25,30H,1-2,6-7,26-29H2,3H3. The Hall–Kier alpha value is -8.00. The van der Waals surface area contributed by atoms with Gasteiger partial charge in [-0.3, -0.25) is 0 Å².